The Morgan fingerprint density at radius 3 is 2.67 bits per heavy atom. The van der Waals surface area contributed by atoms with Crippen LogP contribution in [-0.4, -0.2) is 13.1 Å². The molecule has 18 heavy (non-hydrogen) atoms. The van der Waals surface area contributed by atoms with Crippen LogP contribution >= 0.6 is 0 Å². The van der Waals surface area contributed by atoms with E-state index in [2.05, 4.69) is 32.2 Å². The molecule has 0 aromatic rings. The van der Waals surface area contributed by atoms with E-state index in [0.29, 0.717) is 5.41 Å². The molecule has 2 atom stereocenters. The number of hydrogen-bond donors (Lipinski definition) is 1. The number of hydrogen-bond acceptors (Lipinski definition) is 1. The van der Waals surface area contributed by atoms with Crippen molar-refractivity contribution in [2.75, 3.05) is 13.1 Å². The lowest BCUT2D eigenvalue weighted by Gasteiger charge is -2.35. The first-order valence-electron chi connectivity index (χ1n) is 7.95. The molecule has 1 heteroatoms. The third-order valence-corrected chi connectivity index (χ3v) is 4.93. The van der Waals surface area contributed by atoms with Crippen LogP contribution in [0.2, 0.25) is 0 Å². The summed E-state index contributed by atoms with van der Waals surface area (Å²) >= 11 is 0. The fraction of sp³-hybridized carbons (Fsp3) is 0.882. The Hall–Kier alpha value is -0.300. The van der Waals surface area contributed by atoms with Gasteiger partial charge in [-0.05, 0) is 56.4 Å². The van der Waals surface area contributed by atoms with E-state index in [4.69, 9.17) is 0 Å². The first kappa shape index (κ1) is 14.1. The number of allylic oxidation sites excluding steroid dienone is 2. The minimum atomic E-state index is 0.587. The van der Waals surface area contributed by atoms with Crippen molar-refractivity contribution in [2.45, 2.75) is 65.7 Å². The maximum Gasteiger partial charge on any atom is 0.000528 e. The standard InChI is InChI=1S/C17H31N/c1-14-9-15(2)11-16(10-14)12-18-13-17(3)7-5-4-6-8-17/h9,14,16,18H,4-8,10-13H2,1-3H3. The van der Waals surface area contributed by atoms with Crippen molar-refractivity contribution in [1.82, 2.24) is 5.32 Å². The van der Waals surface area contributed by atoms with E-state index < -0.39 is 0 Å². The van der Waals surface area contributed by atoms with E-state index in [1.807, 2.05) is 0 Å². The van der Waals surface area contributed by atoms with Gasteiger partial charge in [-0.2, -0.15) is 0 Å². The predicted octanol–water partition coefficient (Wildman–Crippen LogP) is 4.54. The van der Waals surface area contributed by atoms with Crippen LogP contribution in [0.25, 0.3) is 0 Å². The highest BCUT2D eigenvalue weighted by molar-refractivity contribution is 5.06. The van der Waals surface area contributed by atoms with Crippen molar-refractivity contribution >= 4 is 0 Å². The molecule has 0 aromatic heterocycles. The second-order valence-electron chi connectivity index (χ2n) is 7.30. The van der Waals surface area contributed by atoms with Crippen molar-refractivity contribution < 1.29 is 0 Å². The lowest BCUT2D eigenvalue weighted by Crippen LogP contribution is -2.36. The largest absolute Gasteiger partial charge is 0.316 e. The zero-order valence-corrected chi connectivity index (χ0v) is 12.6. The Kier molecular flexibility index (Phi) is 4.89. The highest BCUT2D eigenvalue weighted by Crippen LogP contribution is 2.35. The lowest BCUT2D eigenvalue weighted by atomic mass is 9.75. The zero-order chi connectivity index (χ0) is 13.0. The fourth-order valence-corrected chi connectivity index (χ4v) is 4.00. The first-order chi connectivity index (χ1) is 8.57. The molecule has 1 N–H and O–H groups in total. The first-order valence-corrected chi connectivity index (χ1v) is 7.95. The van der Waals surface area contributed by atoms with Crippen molar-refractivity contribution in [3.63, 3.8) is 0 Å². The lowest BCUT2D eigenvalue weighted by molar-refractivity contribution is 0.202. The average molecular weight is 249 g/mol. The van der Waals surface area contributed by atoms with Crippen LogP contribution < -0.4 is 5.32 Å². The van der Waals surface area contributed by atoms with E-state index in [1.165, 1.54) is 58.0 Å². The van der Waals surface area contributed by atoms with Crippen molar-refractivity contribution in [2.24, 2.45) is 17.3 Å². The maximum absolute atomic E-state index is 3.78. The molecule has 1 nitrogen and oxygen atoms in total. The summed E-state index contributed by atoms with van der Waals surface area (Å²) < 4.78 is 0. The molecular weight excluding hydrogens is 218 g/mol. The zero-order valence-electron chi connectivity index (χ0n) is 12.6. The molecule has 0 aromatic carbocycles. The summed E-state index contributed by atoms with van der Waals surface area (Å²) in [5.74, 6) is 1.66. The molecule has 2 aliphatic rings. The highest BCUT2D eigenvalue weighted by Gasteiger charge is 2.26. The van der Waals surface area contributed by atoms with Crippen LogP contribution in [0, 0.1) is 17.3 Å². The van der Waals surface area contributed by atoms with Gasteiger partial charge in [0.05, 0.1) is 0 Å². The Balaban J connectivity index is 1.70. The van der Waals surface area contributed by atoms with Gasteiger partial charge < -0.3 is 5.32 Å². The smallest absolute Gasteiger partial charge is 0.000528 e. The van der Waals surface area contributed by atoms with Gasteiger partial charge in [-0.25, -0.2) is 0 Å². The van der Waals surface area contributed by atoms with Gasteiger partial charge in [0.2, 0.25) is 0 Å². The molecule has 104 valence electrons. The SMILES string of the molecule is CC1=CC(C)CC(CNCC2(C)CCCCC2)C1. The van der Waals surface area contributed by atoms with Gasteiger partial charge in [0, 0.05) is 6.54 Å². The predicted molar refractivity (Wildman–Crippen MR) is 79.7 cm³/mol. The summed E-state index contributed by atoms with van der Waals surface area (Å²) in [5, 5.41) is 3.78. The quantitative estimate of drug-likeness (QED) is 0.721. The molecule has 2 aliphatic carbocycles. The van der Waals surface area contributed by atoms with Gasteiger partial charge in [-0.1, -0.05) is 44.8 Å². The van der Waals surface area contributed by atoms with E-state index >= 15 is 0 Å². The second kappa shape index (κ2) is 6.23. The molecule has 0 heterocycles. The summed E-state index contributed by atoms with van der Waals surface area (Å²) in [5.41, 5.74) is 2.19. The molecule has 0 aliphatic heterocycles. The molecule has 0 bridgehead atoms. The molecule has 0 saturated heterocycles. The highest BCUT2D eigenvalue weighted by atomic mass is 14.9. The van der Waals surface area contributed by atoms with Gasteiger partial charge >= 0.3 is 0 Å². The molecule has 0 spiro atoms. The Bertz CT molecular complexity index is 286. The van der Waals surface area contributed by atoms with E-state index in [-0.39, 0.29) is 0 Å². The summed E-state index contributed by atoms with van der Waals surface area (Å²) in [7, 11) is 0. The normalized spacial score (nSPS) is 32.1. The fourth-order valence-electron chi connectivity index (χ4n) is 4.00. The van der Waals surface area contributed by atoms with E-state index in [9.17, 15) is 0 Å². The van der Waals surface area contributed by atoms with Gasteiger partial charge in [0.15, 0.2) is 0 Å². The third kappa shape index (κ3) is 4.12. The minimum Gasteiger partial charge on any atom is -0.316 e. The van der Waals surface area contributed by atoms with Crippen molar-refractivity contribution in [3.05, 3.63) is 11.6 Å². The van der Waals surface area contributed by atoms with Gasteiger partial charge in [-0.15, -0.1) is 0 Å². The summed E-state index contributed by atoms with van der Waals surface area (Å²) in [6.07, 6.45) is 12.4. The van der Waals surface area contributed by atoms with Crippen molar-refractivity contribution in [1.29, 1.82) is 0 Å². The van der Waals surface area contributed by atoms with E-state index in [0.717, 1.165) is 11.8 Å². The third-order valence-electron chi connectivity index (χ3n) is 4.93. The van der Waals surface area contributed by atoms with Gasteiger partial charge in [0.1, 0.15) is 0 Å². The van der Waals surface area contributed by atoms with Crippen LogP contribution in [0.4, 0.5) is 0 Å². The molecule has 1 saturated carbocycles. The molecular formula is C17H31N. The Morgan fingerprint density at radius 1 is 1.28 bits per heavy atom. The Labute approximate surface area is 113 Å². The van der Waals surface area contributed by atoms with Crippen LogP contribution in [0.1, 0.15) is 65.7 Å². The monoisotopic (exact) mass is 249 g/mol. The van der Waals surface area contributed by atoms with Gasteiger partial charge in [-0.3, -0.25) is 0 Å². The summed E-state index contributed by atoms with van der Waals surface area (Å²) in [4.78, 5) is 0. The Morgan fingerprint density at radius 2 is 2.00 bits per heavy atom. The van der Waals surface area contributed by atoms with Gasteiger partial charge in [0.25, 0.3) is 0 Å². The summed E-state index contributed by atoms with van der Waals surface area (Å²) in [6.45, 7) is 9.60. The van der Waals surface area contributed by atoms with E-state index in [1.54, 1.807) is 5.57 Å². The average Bonchev–Trinajstić information content (AvgIpc) is 2.28. The molecule has 0 radical (unpaired) electrons. The maximum atomic E-state index is 3.78. The number of nitrogens with one attached hydrogen (secondary N) is 1. The molecule has 1 fully saturated rings. The topological polar surface area (TPSA) is 12.0 Å². The second-order valence-corrected chi connectivity index (χ2v) is 7.30. The molecule has 2 unspecified atom stereocenters. The van der Waals surface area contributed by atoms with Crippen LogP contribution in [0.15, 0.2) is 11.6 Å². The molecule has 2 rings (SSSR count). The van der Waals surface area contributed by atoms with Crippen molar-refractivity contribution in [3.8, 4) is 0 Å². The molecule has 0 amide bonds. The van der Waals surface area contributed by atoms with Crippen LogP contribution in [0.5, 0.6) is 0 Å². The van der Waals surface area contributed by atoms with Crippen LogP contribution in [0.3, 0.4) is 0 Å². The van der Waals surface area contributed by atoms with Crippen LogP contribution in [-0.2, 0) is 0 Å². The summed E-state index contributed by atoms with van der Waals surface area (Å²) in [6, 6.07) is 0. The number of rotatable bonds is 4. The minimum absolute atomic E-state index is 0.587.